The molecule has 0 aliphatic carbocycles. The summed E-state index contributed by atoms with van der Waals surface area (Å²) in [5.41, 5.74) is 0. The first-order valence-electron chi connectivity index (χ1n) is 7.18. The van der Waals surface area contributed by atoms with Crippen LogP contribution < -0.4 is 5.32 Å². The highest BCUT2D eigenvalue weighted by atomic mass is 35.6. The average Bonchev–Trinajstić information content (AvgIpc) is 2.48. The molecule has 1 amide bonds. The molecule has 5 atom stereocenters. The number of nitrogens with one attached hydrogen (secondary N) is 1. The van der Waals surface area contributed by atoms with Gasteiger partial charge in [-0.05, 0) is 11.8 Å². The second-order valence-electron chi connectivity index (χ2n) is 5.43. The van der Waals surface area contributed by atoms with E-state index in [1.54, 1.807) is 6.08 Å². The summed E-state index contributed by atoms with van der Waals surface area (Å²) in [6.45, 7) is 7.16. The van der Waals surface area contributed by atoms with Gasteiger partial charge in [-0.15, -0.1) is 6.58 Å². The van der Waals surface area contributed by atoms with Crippen LogP contribution in [-0.4, -0.2) is 53.2 Å². The summed E-state index contributed by atoms with van der Waals surface area (Å²) in [4.78, 5) is 11.9. The van der Waals surface area contributed by atoms with Crippen molar-refractivity contribution in [2.75, 3.05) is 19.8 Å². The molecule has 0 spiro atoms. The maximum atomic E-state index is 11.9. The number of alkyl halides is 3. The zero-order valence-electron chi connectivity index (χ0n) is 13.0. The van der Waals surface area contributed by atoms with E-state index in [9.17, 15) is 9.90 Å². The first-order valence-corrected chi connectivity index (χ1v) is 8.31. The maximum absolute atomic E-state index is 11.9. The van der Waals surface area contributed by atoms with Crippen molar-refractivity contribution in [2.24, 2.45) is 11.8 Å². The van der Waals surface area contributed by atoms with E-state index in [0.29, 0.717) is 0 Å². The predicted molar refractivity (Wildman–Crippen MR) is 88.8 cm³/mol. The molecular weight excluding hydrogens is 369 g/mol. The largest absolute Gasteiger partial charge is 0.445 e. The maximum Gasteiger partial charge on any atom is 0.407 e. The Morgan fingerprint density at radius 2 is 2.04 bits per heavy atom. The molecule has 23 heavy (non-hydrogen) atoms. The van der Waals surface area contributed by atoms with Crippen molar-refractivity contribution in [1.82, 2.24) is 5.32 Å². The lowest BCUT2D eigenvalue weighted by molar-refractivity contribution is -0.237. The van der Waals surface area contributed by atoms with Gasteiger partial charge in [-0.2, -0.15) is 0 Å². The van der Waals surface area contributed by atoms with E-state index in [1.807, 2.05) is 13.8 Å². The minimum atomic E-state index is -1.68. The lowest BCUT2D eigenvalue weighted by atomic mass is 9.82. The third kappa shape index (κ3) is 6.64. The SMILES string of the molecule is C=CCO[C@H]1OC(CO)[C@@H](C)[C@H](C)C1NC(=O)OCC(Cl)(Cl)Cl. The third-order valence-corrected chi connectivity index (χ3v) is 4.12. The summed E-state index contributed by atoms with van der Waals surface area (Å²) in [5, 5.41) is 12.1. The second kappa shape index (κ2) is 9.30. The van der Waals surface area contributed by atoms with Crippen LogP contribution in [0.5, 0.6) is 0 Å². The summed E-state index contributed by atoms with van der Waals surface area (Å²) in [5.74, 6) is -0.0296. The molecule has 0 bridgehead atoms. The molecule has 6 nitrogen and oxygen atoms in total. The van der Waals surface area contributed by atoms with Crippen LogP contribution in [0.4, 0.5) is 4.79 Å². The van der Waals surface area contributed by atoms with Gasteiger partial charge in [0.1, 0.15) is 6.61 Å². The Kier molecular flexibility index (Phi) is 8.41. The standard InChI is InChI=1S/C14H22Cl3NO5/c1-4-5-21-12-11(9(3)8(2)10(6-19)23-12)18-13(20)22-7-14(15,16)17/h4,8-12,19H,1,5-7H2,2-3H3,(H,18,20)/t8-,9-,10?,11?,12-/m0/s1. The number of halogens is 3. The lowest BCUT2D eigenvalue weighted by Gasteiger charge is -2.43. The van der Waals surface area contributed by atoms with Crippen molar-refractivity contribution in [1.29, 1.82) is 0 Å². The summed E-state index contributed by atoms with van der Waals surface area (Å²) in [7, 11) is 0. The number of alkyl carbamates (subject to hydrolysis) is 1. The van der Waals surface area contributed by atoms with E-state index in [0.717, 1.165) is 0 Å². The topological polar surface area (TPSA) is 77.0 Å². The Hall–Kier alpha value is -0.240. The number of hydrogen-bond donors (Lipinski definition) is 2. The van der Waals surface area contributed by atoms with E-state index in [2.05, 4.69) is 11.9 Å². The highest BCUT2D eigenvalue weighted by Gasteiger charge is 2.42. The van der Waals surface area contributed by atoms with Gasteiger partial charge < -0.3 is 24.6 Å². The fourth-order valence-electron chi connectivity index (χ4n) is 2.33. The van der Waals surface area contributed by atoms with Crippen molar-refractivity contribution >= 4 is 40.9 Å². The van der Waals surface area contributed by atoms with E-state index in [4.69, 9.17) is 49.0 Å². The van der Waals surface area contributed by atoms with E-state index in [1.165, 1.54) is 0 Å². The first kappa shape index (κ1) is 20.8. The van der Waals surface area contributed by atoms with Crippen LogP contribution in [0.25, 0.3) is 0 Å². The monoisotopic (exact) mass is 389 g/mol. The first-order chi connectivity index (χ1) is 10.7. The predicted octanol–water partition coefficient (Wildman–Crippen LogP) is 2.64. The van der Waals surface area contributed by atoms with Crippen molar-refractivity contribution in [3.63, 3.8) is 0 Å². The Labute approximate surface area is 151 Å². The fraction of sp³-hybridized carbons (Fsp3) is 0.786. The molecule has 1 aliphatic rings. The highest BCUT2D eigenvalue weighted by Crippen LogP contribution is 2.31. The van der Waals surface area contributed by atoms with Gasteiger partial charge in [-0.3, -0.25) is 0 Å². The van der Waals surface area contributed by atoms with Crippen LogP contribution in [0, 0.1) is 11.8 Å². The number of aliphatic hydroxyl groups is 1. The molecule has 9 heteroatoms. The summed E-state index contributed by atoms with van der Waals surface area (Å²) < 4.78 is 14.4. The number of carbonyl (C=O) groups excluding carboxylic acids is 1. The number of ether oxygens (including phenoxy) is 3. The third-order valence-electron chi connectivity index (χ3n) is 3.79. The zero-order chi connectivity index (χ0) is 17.6. The van der Waals surface area contributed by atoms with Gasteiger partial charge in [0.2, 0.25) is 3.79 Å². The van der Waals surface area contributed by atoms with Crippen LogP contribution in [0.2, 0.25) is 0 Å². The van der Waals surface area contributed by atoms with Crippen LogP contribution in [0.3, 0.4) is 0 Å². The van der Waals surface area contributed by atoms with E-state index < -0.39 is 22.2 Å². The molecule has 1 aliphatic heterocycles. The van der Waals surface area contributed by atoms with Crippen LogP contribution in [0.1, 0.15) is 13.8 Å². The van der Waals surface area contributed by atoms with Gasteiger partial charge in [0.05, 0.1) is 25.4 Å². The number of hydrogen-bond acceptors (Lipinski definition) is 5. The second-order valence-corrected chi connectivity index (χ2v) is 7.94. The quantitative estimate of drug-likeness (QED) is 0.538. The Morgan fingerprint density at radius 3 is 2.57 bits per heavy atom. The molecule has 134 valence electrons. The van der Waals surface area contributed by atoms with Crippen LogP contribution in [0.15, 0.2) is 12.7 Å². The average molecular weight is 391 g/mol. The molecule has 0 radical (unpaired) electrons. The highest BCUT2D eigenvalue weighted by molar-refractivity contribution is 6.67. The molecule has 1 heterocycles. The molecule has 2 N–H and O–H groups in total. The molecule has 0 aromatic carbocycles. The number of carbonyl (C=O) groups is 1. The Bertz CT molecular complexity index is 404. The summed E-state index contributed by atoms with van der Waals surface area (Å²) >= 11 is 16.6. The molecule has 1 rings (SSSR count). The number of aliphatic hydroxyl groups excluding tert-OH is 1. The molecule has 0 saturated carbocycles. The van der Waals surface area contributed by atoms with E-state index in [-0.39, 0.29) is 37.8 Å². The van der Waals surface area contributed by atoms with Gasteiger partial charge in [-0.25, -0.2) is 4.79 Å². The fourth-order valence-corrected chi connectivity index (χ4v) is 2.50. The molecule has 1 fully saturated rings. The van der Waals surface area contributed by atoms with Crippen LogP contribution >= 0.6 is 34.8 Å². The zero-order valence-corrected chi connectivity index (χ0v) is 15.3. The smallest absolute Gasteiger partial charge is 0.407 e. The van der Waals surface area contributed by atoms with Gasteiger partial charge in [0.25, 0.3) is 0 Å². The van der Waals surface area contributed by atoms with Crippen molar-refractivity contribution in [3.8, 4) is 0 Å². The van der Waals surface area contributed by atoms with Crippen LogP contribution in [-0.2, 0) is 14.2 Å². The van der Waals surface area contributed by atoms with Crippen molar-refractivity contribution in [2.45, 2.75) is 36.1 Å². The number of rotatable bonds is 6. The molecule has 0 aromatic heterocycles. The molecule has 2 unspecified atom stereocenters. The van der Waals surface area contributed by atoms with Crippen molar-refractivity contribution < 1.29 is 24.1 Å². The van der Waals surface area contributed by atoms with Gasteiger partial charge in [0.15, 0.2) is 6.29 Å². The normalized spacial score (nSPS) is 31.5. The molecule has 1 saturated heterocycles. The Balaban J connectivity index is 2.73. The minimum absolute atomic E-state index is 0.00190. The Morgan fingerprint density at radius 1 is 1.39 bits per heavy atom. The summed E-state index contributed by atoms with van der Waals surface area (Å²) in [6.07, 6.45) is -0.288. The summed E-state index contributed by atoms with van der Waals surface area (Å²) in [6, 6.07) is -0.476. The molecular formula is C14H22Cl3NO5. The lowest BCUT2D eigenvalue weighted by Crippen LogP contribution is -2.58. The van der Waals surface area contributed by atoms with Gasteiger partial charge in [0, 0.05) is 0 Å². The number of amides is 1. The van der Waals surface area contributed by atoms with Crippen molar-refractivity contribution in [3.05, 3.63) is 12.7 Å². The minimum Gasteiger partial charge on any atom is -0.445 e. The van der Waals surface area contributed by atoms with E-state index >= 15 is 0 Å². The van der Waals surface area contributed by atoms with Gasteiger partial charge >= 0.3 is 6.09 Å². The van der Waals surface area contributed by atoms with Gasteiger partial charge in [-0.1, -0.05) is 54.7 Å². The molecule has 0 aromatic rings.